The van der Waals surface area contributed by atoms with Gasteiger partial charge in [0.15, 0.2) is 5.69 Å². The lowest BCUT2D eigenvalue weighted by Crippen LogP contribution is -2.31. The Morgan fingerprint density at radius 1 is 1.24 bits per heavy atom. The number of nitrogens with zero attached hydrogens (tertiary/aromatic N) is 4. The van der Waals surface area contributed by atoms with E-state index in [2.05, 4.69) is 31.6 Å². The Bertz CT molecular complexity index is 1200. The van der Waals surface area contributed by atoms with E-state index < -0.39 is 11.5 Å². The third-order valence-corrected chi connectivity index (χ3v) is 4.76. The Morgan fingerprint density at radius 3 is 2.52 bits per heavy atom. The number of amides is 1. The van der Waals surface area contributed by atoms with Crippen molar-refractivity contribution in [1.29, 1.82) is 5.26 Å². The zero-order chi connectivity index (χ0) is 21.0. The van der Waals surface area contributed by atoms with Crippen LogP contribution in [0, 0.1) is 18.3 Å². The fourth-order valence-electron chi connectivity index (χ4n) is 2.48. The molecule has 0 spiro atoms. The van der Waals surface area contributed by atoms with Crippen molar-refractivity contribution in [1.82, 2.24) is 15.2 Å². The highest BCUT2D eigenvalue weighted by atomic mass is 79.9. The molecular weight excluding hydrogens is 458 g/mol. The van der Waals surface area contributed by atoms with E-state index in [1.54, 1.807) is 24.3 Å². The summed E-state index contributed by atoms with van der Waals surface area (Å²) in [7, 11) is 0. The number of aromatic nitrogens is 2. The van der Waals surface area contributed by atoms with Crippen LogP contribution in [0.2, 0.25) is 5.02 Å². The SMILES string of the molecule is Cc1c(C(=O)N/N=C/c2ccc(Br)cc2)nn(-c2ccc(Cl)cc2)c(=O)c1C#N. The van der Waals surface area contributed by atoms with Crippen LogP contribution >= 0.6 is 27.5 Å². The van der Waals surface area contributed by atoms with Gasteiger partial charge in [0.1, 0.15) is 11.6 Å². The zero-order valence-corrected chi connectivity index (χ0v) is 17.4. The zero-order valence-electron chi connectivity index (χ0n) is 15.1. The minimum Gasteiger partial charge on any atom is -0.266 e. The van der Waals surface area contributed by atoms with Crippen molar-refractivity contribution in [3.05, 3.63) is 90.8 Å². The summed E-state index contributed by atoms with van der Waals surface area (Å²) in [6.45, 7) is 1.49. The number of hydrogen-bond donors (Lipinski definition) is 1. The average molecular weight is 471 g/mol. The van der Waals surface area contributed by atoms with Crippen LogP contribution < -0.4 is 11.0 Å². The summed E-state index contributed by atoms with van der Waals surface area (Å²) in [6, 6.07) is 15.5. The number of rotatable bonds is 4. The van der Waals surface area contributed by atoms with Crippen molar-refractivity contribution in [2.24, 2.45) is 5.10 Å². The van der Waals surface area contributed by atoms with Gasteiger partial charge in [0.2, 0.25) is 0 Å². The van der Waals surface area contributed by atoms with E-state index in [4.69, 9.17) is 11.6 Å². The topological polar surface area (TPSA) is 100 Å². The van der Waals surface area contributed by atoms with E-state index in [-0.39, 0.29) is 16.8 Å². The van der Waals surface area contributed by atoms with Crippen LogP contribution in [-0.2, 0) is 0 Å². The normalized spacial score (nSPS) is 10.7. The number of carbonyl (C=O) groups excluding carboxylic acids is 1. The van der Waals surface area contributed by atoms with Gasteiger partial charge >= 0.3 is 0 Å². The van der Waals surface area contributed by atoms with E-state index in [1.165, 1.54) is 13.1 Å². The van der Waals surface area contributed by atoms with Gasteiger partial charge < -0.3 is 0 Å². The molecule has 0 fully saturated rings. The van der Waals surface area contributed by atoms with Gasteiger partial charge in [0.25, 0.3) is 11.5 Å². The third kappa shape index (κ3) is 4.59. The van der Waals surface area contributed by atoms with Crippen LogP contribution in [0.3, 0.4) is 0 Å². The van der Waals surface area contributed by atoms with Crippen LogP contribution in [0.25, 0.3) is 5.69 Å². The summed E-state index contributed by atoms with van der Waals surface area (Å²) in [6.07, 6.45) is 1.47. The van der Waals surface area contributed by atoms with Gasteiger partial charge in [-0.15, -0.1) is 0 Å². The van der Waals surface area contributed by atoms with Crippen LogP contribution in [0.4, 0.5) is 0 Å². The molecule has 1 N–H and O–H groups in total. The molecule has 9 heteroatoms. The molecule has 0 saturated carbocycles. The molecule has 7 nitrogen and oxygen atoms in total. The Kier molecular flexibility index (Phi) is 6.22. The molecule has 144 valence electrons. The largest absolute Gasteiger partial charge is 0.292 e. The fraction of sp³-hybridized carbons (Fsp3) is 0.0500. The number of nitrogens with one attached hydrogen (secondary N) is 1. The van der Waals surface area contributed by atoms with Crippen molar-refractivity contribution >= 4 is 39.7 Å². The molecule has 3 aromatic rings. The maximum Gasteiger partial charge on any atom is 0.292 e. The highest BCUT2D eigenvalue weighted by Gasteiger charge is 2.20. The lowest BCUT2D eigenvalue weighted by molar-refractivity contribution is 0.0947. The first kappa shape index (κ1) is 20.5. The average Bonchev–Trinajstić information content (AvgIpc) is 2.71. The monoisotopic (exact) mass is 469 g/mol. The molecule has 1 heterocycles. The first-order chi connectivity index (χ1) is 13.9. The van der Waals surface area contributed by atoms with Crippen LogP contribution in [0.15, 0.2) is 62.9 Å². The first-order valence-electron chi connectivity index (χ1n) is 8.29. The second kappa shape index (κ2) is 8.82. The molecule has 0 atom stereocenters. The molecular formula is C20H13BrClN5O2. The minimum atomic E-state index is -0.643. The van der Waals surface area contributed by atoms with Gasteiger partial charge in [-0.25, -0.2) is 5.43 Å². The Hall–Kier alpha value is -3.28. The fourth-order valence-corrected chi connectivity index (χ4v) is 2.87. The Labute approximate surface area is 179 Å². The van der Waals surface area contributed by atoms with Crippen molar-refractivity contribution in [3.8, 4) is 11.8 Å². The smallest absolute Gasteiger partial charge is 0.266 e. The van der Waals surface area contributed by atoms with E-state index in [0.29, 0.717) is 10.7 Å². The number of hydrazone groups is 1. The molecule has 0 saturated heterocycles. The van der Waals surface area contributed by atoms with E-state index in [0.717, 1.165) is 14.7 Å². The summed E-state index contributed by atoms with van der Waals surface area (Å²) in [5, 5.41) is 17.9. The summed E-state index contributed by atoms with van der Waals surface area (Å²) in [4.78, 5) is 25.2. The second-order valence-corrected chi connectivity index (χ2v) is 7.26. The summed E-state index contributed by atoms with van der Waals surface area (Å²) in [5.41, 5.74) is 2.84. The number of hydrogen-bond acceptors (Lipinski definition) is 5. The van der Waals surface area contributed by atoms with Gasteiger partial charge in [-0.1, -0.05) is 39.7 Å². The van der Waals surface area contributed by atoms with Crippen molar-refractivity contribution < 1.29 is 4.79 Å². The third-order valence-electron chi connectivity index (χ3n) is 3.98. The number of carbonyl (C=O) groups is 1. The lowest BCUT2D eigenvalue weighted by Gasteiger charge is -2.10. The number of nitriles is 1. The Morgan fingerprint density at radius 2 is 1.90 bits per heavy atom. The maximum atomic E-state index is 12.6. The van der Waals surface area contributed by atoms with Crippen LogP contribution in [0.1, 0.15) is 27.2 Å². The molecule has 3 rings (SSSR count). The highest BCUT2D eigenvalue weighted by molar-refractivity contribution is 9.10. The molecule has 0 aliphatic heterocycles. The maximum absolute atomic E-state index is 12.6. The summed E-state index contributed by atoms with van der Waals surface area (Å²) in [5.74, 6) is -0.643. The quantitative estimate of drug-likeness (QED) is 0.465. The standard InChI is InChI=1S/C20H13BrClN5O2/c1-12-17(10-23)20(29)27(16-8-6-15(22)7-9-16)26-18(12)19(28)25-24-11-13-2-4-14(21)5-3-13/h2-9,11H,1H3,(H,25,28)/b24-11+. The molecule has 0 aliphatic rings. The predicted octanol–water partition coefficient (Wildman–Crippen LogP) is 3.59. The van der Waals surface area contributed by atoms with Gasteiger partial charge in [0, 0.05) is 15.1 Å². The molecule has 0 unspecified atom stereocenters. The molecule has 2 aromatic carbocycles. The van der Waals surface area contributed by atoms with Crippen molar-refractivity contribution in [2.45, 2.75) is 6.92 Å². The number of halogens is 2. The first-order valence-corrected chi connectivity index (χ1v) is 9.46. The van der Waals surface area contributed by atoms with Crippen LogP contribution in [0.5, 0.6) is 0 Å². The van der Waals surface area contributed by atoms with E-state index >= 15 is 0 Å². The van der Waals surface area contributed by atoms with Crippen molar-refractivity contribution in [3.63, 3.8) is 0 Å². The summed E-state index contributed by atoms with van der Waals surface area (Å²) >= 11 is 9.22. The summed E-state index contributed by atoms with van der Waals surface area (Å²) < 4.78 is 1.92. The molecule has 29 heavy (non-hydrogen) atoms. The molecule has 0 bridgehead atoms. The van der Waals surface area contributed by atoms with E-state index in [1.807, 2.05) is 30.3 Å². The van der Waals surface area contributed by atoms with Gasteiger partial charge in [0.05, 0.1) is 11.9 Å². The molecule has 0 radical (unpaired) electrons. The minimum absolute atomic E-state index is 0.0796. The predicted molar refractivity (Wildman–Crippen MR) is 113 cm³/mol. The van der Waals surface area contributed by atoms with Gasteiger partial charge in [-0.3, -0.25) is 9.59 Å². The van der Waals surface area contributed by atoms with E-state index in [9.17, 15) is 14.9 Å². The lowest BCUT2D eigenvalue weighted by atomic mass is 10.1. The number of benzene rings is 2. The second-order valence-electron chi connectivity index (χ2n) is 5.90. The Balaban J connectivity index is 1.95. The molecule has 0 aliphatic carbocycles. The highest BCUT2D eigenvalue weighted by Crippen LogP contribution is 2.14. The molecule has 1 aromatic heterocycles. The van der Waals surface area contributed by atoms with Crippen molar-refractivity contribution in [2.75, 3.05) is 0 Å². The van der Waals surface area contributed by atoms with Gasteiger partial charge in [-0.05, 0) is 48.9 Å². The van der Waals surface area contributed by atoms with Gasteiger partial charge in [-0.2, -0.15) is 20.1 Å². The van der Waals surface area contributed by atoms with Crippen LogP contribution in [-0.4, -0.2) is 21.9 Å². The molecule has 1 amide bonds.